The van der Waals surface area contributed by atoms with Crippen LogP contribution in [-0.2, 0) is 16.1 Å². The minimum Gasteiger partial charge on any atom is -0.464 e. The van der Waals surface area contributed by atoms with E-state index >= 15 is 0 Å². The molecule has 0 saturated carbocycles. The average Bonchev–Trinajstić information content (AvgIpc) is 3.30. The normalized spacial score (nSPS) is 18.3. The molecule has 0 N–H and O–H groups in total. The van der Waals surface area contributed by atoms with Crippen LogP contribution in [0, 0.1) is 5.92 Å². The summed E-state index contributed by atoms with van der Waals surface area (Å²) < 4.78 is 10.7. The third kappa shape index (κ3) is 5.05. The Morgan fingerprint density at radius 2 is 2.03 bits per heavy atom. The Labute approximate surface area is 203 Å². The highest BCUT2D eigenvalue weighted by molar-refractivity contribution is 7.80. The van der Waals surface area contributed by atoms with Gasteiger partial charge in [0, 0.05) is 30.9 Å². The number of carbonyl (C=O) groups is 1. The van der Waals surface area contributed by atoms with E-state index in [0.29, 0.717) is 34.9 Å². The van der Waals surface area contributed by atoms with Gasteiger partial charge in [-0.2, -0.15) is 0 Å². The molecular weight excluding hydrogens is 450 g/mol. The molecule has 9 heteroatoms. The molecule has 1 aliphatic heterocycles. The van der Waals surface area contributed by atoms with Crippen molar-refractivity contribution in [1.82, 2.24) is 20.1 Å². The number of aliphatic imine (C=N–C) groups is 1. The highest BCUT2D eigenvalue weighted by Crippen LogP contribution is 2.37. The van der Waals surface area contributed by atoms with E-state index in [0.717, 1.165) is 12.1 Å². The van der Waals surface area contributed by atoms with E-state index in [9.17, 15) is 4.79 Å². The van der Waals surface area contributed by atoms with E-state index in [1.54, 1.807) is 13.0 Å². The first-order valence-corrected chi connectivity index (χ1v) is 11.5. The van der Waals surface area contributed by atoms with E-state index in [1.165, 1.54) is 5.56 Å². The van der Waals surface area contributed by atoms with Crippen molar-refractivity contribution in [3.63, 3.8) is 0 Å². The molecule has 1 aliphatic rings. The summed E-state index contributed by atoms with van der Waals surface area (Å²) in [5.74, 6) is -1.02. The van der Waals surface area contributed by atoms with Crippen molar-refractivity contribution in [3.8, 4) is 0 Å². The van der Waals surface area contributed by atoms with E-state index < -0.39 is 12.0 Å². The predicted molar refractivity (Wildman–Crippen MR) is 134 cm³/mol. The molecule has 34 heavy (non-hydrogen) atoms. The fraction of sp³-hybridized carbons (Fsp3) is 0.320. The van der Waals surface area contributed by atoms with Gasteiger partial charge in [0.15, 0.2) is 5.11 Å². The van der Waals surface area contributed by atoms with Crippen molar-refractivity contribution in [2.24, 2.45) is 10.9 Å². The Bertz CT molecular complexity index is 1210. The quantitative estimate of drug-likeness (QED) is 0.261. The van der Waals surface area contributed by atoms with E-state index in [2.05, 4.69) is 38.9 Å². The number of fused-ring (bicyclic) bond motifs is 1. The second-order valence-corrected chi connectivity index (χ2v) is 8.63. The van der Waals surface area contributed by atoms with Gasteiger partial charge < -0.3 is 9.64 Å². The molecule has 2 aromatic carbocycles. The van der Waals surface area contributed by atoms with Crippen molar-refractivity contribution in [2.45, 2.75) is 19.5 Å². The molecule has 4 rings (SSSR count). The fourth-order valence-electron chi connectivity index (χ4n) is 4.22. The number of ether oxygens (including phenoxy) is 1. The largest absolute Gasteiger partial charge is 0.464 e. The number of hydrogen-bond acceptors (Lipinski definition) is 7. The topological polar surface area (TPSA) is 84.1 Å². The number of benzene rings is 2. The van der Waals surface area contributed by atoms with Crippen molar-refractivity contribution in [2.75, 3.05) is 26.7 Å². The Balaban J connectivity index is 1.54. The van der Waals surface area contributed by atoms with Crippen LogP contribution in [0.2, 0.25) is 0 Å². The number of esters is 1. The molecule has 0 spiro atoms. The number of carbonyl (C=O) groups excluding carboxylic acids is 1. The second-order valence-electron chi connectivity index (χ2n) is 8.27. The lowest BCUT2D eigenvalue weighted by Crippen LogP contribution is -2.47. The molecule has 1 aromatic heterocycles. The van der Waals surface area contributed by atoms with Crippen LogP contribution in [0.15, 0.2) is 70.8 Å². The molecule has 0 aliphatic carbocycles. The summed E-state index contributed by atoms with van der Waals surface area (Å²) in [5, 5.41) is 8.42. The molecule has 0 radical (unpaired) electrons. The predicted octanol–water partition coefficient (Wildman–Crippen LogP) is 3.80. The van der Waals surface area contributed by atoms with Crippen LogP contribution in [0.3, 0.4) is 0 Å². The first kappa shape index (κ1) is 23.7. The van der Waals surface area contributed by atoms with Crippen LogP contribution in [0.25, 0.3) is 11.0 Å². The second kappa shape index (κ2) is 10.7. The van der Waals surface area contributed by atoms with Crippen molar-refractivity contribution < 1.29 is 14.2 Å². The number of hydrogen-bond donors (Lipinski definition) is 0. The molecule has 0 saturated heterocycles. The standard InChI is InChI=1S/C25H27N5O3S/c1-4-13-30-23(19-11-8-12-20-22(19)28-33-27-20)21(17(2)26-25(30)34)24(31)32-15-14-29(3)16-18-9-6-5-7-10-18/h4-12,21,23H,1,13-16H2,2-3H3. The van der Waals surface area contributed by atoms with Gasteiger partial charge in [-0.3, -0.25) is 9.69 Å². The highest BCUT2D eigenvalue weighted by atomic mass is 32.1. The lowest BCUT2D eigenvalue weighted by molar-refractivity contribution is -0.148. The third-order valence-electron chi connectivity index (χ3n) is 5.85. The zero-order valence-electron chi connectivity index (χ0n) is 19.3. The lowest BCUT2D eigenvalue weighted by Gasteiger charge is -2.39. The first-order valence-electron chi connectivity index (χ1n) is 11.1. The summed E-state index contributed by atoms with van der Waals surface area (Å²) in [7, 11) is 2.00. The molecule has 0 fully saturated rings. The van der Waals surface area contributed by atoms with Crippen LogP contribution >= 0.6 is 12.2 Å². The summed E-state index contributed by atoms with van der Waals surface area (Å²) in [6.07, 6.45) is 1.73. The monoisotopic (exact) mass is 477 g/mol. The van der Waals surface area contributed by atoms with Gasteiger partial charge in [-0.15, -0.1) is 6.58 Å². The molecule has 2 unspecified atom stereocenters. The van der Waals surface area contributed by atoms with Crippen LogP contribution < -0.4 is 0 Å². The maximum Gasteiger partial charge on any atom is 0.317 e. The summed E-state index contributed by atoms with van der Waals surface area (Å²) in [5.41, 5.74) is 3.78. The van der Waals surface area contributed by atoms with Crippen LogP contribution in [0.1, 0.15) is 24.1 Å². The van der Waals surface area contributed by atoms with Crippen molar-refractivity contribution >= 4 is 40.0 Å². The first-order chi connectivity index (χ1) is 16.5. The molecule has 176 valence electrons. The SMILES string of the molecule is C=CCN1C(=S)N=C(C)C(C(=O)OCCN(C)Cc2ccccc2)C1c1cccc2nonc12. The maximum atomic E-state index is 13.4. The molecule has 3 aromatic rings. The Morgan fingerprint density at radius 1 is 1.24 bits per heavy atom. The van der Waals surface area contributed by atoms with Gasteiger partial charge in [0.05, 0.1) is 6.04 Å². The van der Waals surface area contributed by atoms with Crippen LogP contribution in [0.4, 0.5) is 0 Å². The van der Waals surface area contributed by atoms with Crippen molar-refractivity contribution in [3.05, 3.63) is 72.3 Å². The Kier molecular flexibility index (Phi) is 7.44. The zero-order valence-corrected chi connectivity index (χ0v) is 20.1. The average molecular weight is 478 g/mol. The Morgan fingerprint density at radius 3 is 2.79 bits per heavy atom. The third-order valence-corrected chi connectivity index (χ3v) is 6.17. The number of thiocarbonyl (C=S) groups is 1. The van der Waals surface area contributed by atoms with Gasteiger partial charge in [0.25, 0.3) is 0 Å². The number of rotatable bonds is 9. The van der Waals surface area contributed by atoms with E-state index in [1.807, 2.05) is 48.3 Å². The van der Waals surface area contributed by atoms with Crippen LogP contribution in [-0.4, -0.2) is 63.7 Å². The minimum atomic E-state index is -0.659. The maximum absolute atomic E-state index is 13.4. The number of nitrogens with zero attached hydrogens (tertiary/aromatic N) is 5. The Hall–Kier alpha value is -3.43. The van der Waals surface area contributed by atoms with Gasteiger partial charge in [0.2, 0.25) is 0 Å². The van der Waals surface area contributed by atoms with Gasteiger partial charge >= 0.3 is 5.97 Å². The molecule has 2 heterocycles. The lowest BCUT2D eigenvalue weighted by atomic mass is 9.86. The van der Waals surface area contributed by atoms with Gasteiger partial charge in [-0.25, -0.2) is 9.62 Å². The molecule has 0 amide bonds. The van der Waals surface area contributed by atoms with Crippen LogP contribution in [0.5, 0.6) is 0 Å². The smallest absolute Gasteiger partial charge is 0.317 e. The minimum absolute atomic E-state index is 0.264. The summed E-state index contributed by atoms with van der Waals surface area (Å²) in [6.45, 7) is 7.71. The molecule has 2 atom stereocenters. The summed E-state index contributed by atoms with van der Waals surface area (Å²) in [4.78, 5) is 21.9. The highest BCUT2D eigenvalue weighted by Gasteiger charge is 2.42. The molecule has 0 bridgehead atoms. The molecular formula is C25H27N5O3S. The number of likely N-dealkylation sites (N-methyl/N-ethyl adjacent to an activating group) is 1. The molecule has 8 nitrogen and oxygen atoms in total. The van der Waals surface area contributed by atoms with Gasteiger partial charge in [-0.05, 0) is 48.1 Å². The van der Waals surface area contributed by atoms with E-state index in [4.69, 9.17) is 21.6 Å². The van der Waals surface area contributed by atoms with Gasteiger partial charge in [-0.1, -0.05) is 48.5 Å². The van der Waals surface area contributed by atoms with E-state index in [-0.39, 0.29) is 12.6 Å². The fourth-order valence-corrected chi connectivity index (χ4v) is 4.55. The van der Waals surface area contributed by atoms with Gasteiger partial charge in [0.1, 0.15) is 23.6 Å². The summed E-state index contributed by atoms with van der Waals surface area (Å²) >= 11 is 5.54. The summed E-state index contributed by atoms with van der Waals surface area (Å²) in [6, 6.07) is 15.3. The number of aromatic nitrogens is 2. The van der Waals surface area contributed by atoms with Crippen molar-refractivity contribution in [1.29, 1.82) is 0 Å². The zero-order chi connectivity index (χ0) is 24.1.